The maximum atomic E-state index is 14.0. The predicted molar refractivity (Wildman–Crippen MR) is 181 cm³/mol. The van der Waals surface area contributed by atoms with Crippen LogP contribution in [0.25, 0.3) is 21.8 Å². The Morgan fingerprint density at radius 1 is 0.824 bits per heavy atom. The molecule has 4 aromatic carbocycles. The van der Waals surface area contributed by atoms with E-state index in [-0.39, 0.29) is 42.0 Å². The summed E-state index contributed by atoms with van der Waals surface area (Å²) in [5.41, 5.74) is 2.60. The molecule has 0 aliphatic carbocycles. The number of aromatic nitrogens is 1. The van der Waals surface area contributed by atoms with Gasteiger partial charge in [0.1, 0.15) is 0 Å². The second-order valence-electron chi connectivity index (χ2n) is 11.0. The maximum Gasteiger partial charge on any atom is 0.435 e. The van der Waals surface area contributed by atoms with Crippen molar-refractivity contribution in [2.75, 3.05) is 4.31 Å². The minimum absolute atomic E-state index is 0.00725. The summed E-state index contributed by atoms with van der Waals surface area (Å²) in [6, 6.07) is 26.3. The molecule has 6 rings (SSSR count). The first-order valence-corrected chi connectivity index (χ1v) is 17.8. The van der Waals surface area contributed by atoms with Crippen molar-refractivity contribution in [3.05, 3.63) is 108 Å². The van der Waals surface area contributed by atoms with Gasteiger partial charge in [0.05, 0.1) is 28.0 Å². The molecule has 264 valence electrons. The van der Waals surface area contributed by atoms with E-state index in [1.54, 1.807) is 72.8 Å². The van der Waals surface area contributed by atoms with Crippen molar-refractivity contribution < 1.29 is 54.0 Å². The van der Waals surface area contributed by atoms with Gasteiger partial charge in [0.2, 0.25) is 0 Å². The average molecular weight is 738 g/mol. The Labute approximate surface area is 291 Å². The molecule has 3 amide bonds. The second-order valence-corrected chi connectivity index (χ2v) is 13.7. The molecule has 1 fully saturated rings. The zero-order chi connectivity index (χ0) is 36.9. The summed E-state index contributed by atoms with van der Waals surface area (Å²) in [4.78, 5) is 59.2. The minimum Gasteiger partial charge on any atom is -0.408 e. The van der Waals surface area contributed by atoms with Crippen molar-refractivity contribution in [3.63, 3.8) is 0 Å². The van der Waals surface area contributed by atoms with Crippen LogP contribution >= 0.6 is 0 Å². The summed E-state index contributed by atoms with van der Waals surface area (Å²) in [7, 11) is -9.63. The molecule has 5 aromatic rings. The fraction of sp³-hybridized carbons (Fsp3) is 0.147. The first kappa shape index (κ1) is 36.5. The summed E-state index contributed by atoms with van der Waals surface area (Å²) in [5, 5.41) is 1.55. The van der Waals surface area contributed by atoms with Gasteiger partial charge in [0.15, 0.2) is 5.75 Å². The third-order valence-corrected chi connectivity index (χ3v) is 9.15. The molecule has 2 heterocycles. The molecule has 17 heteroatoms. The van der Waals surface area contributed by atoms with Gasteiger partial charge in [-0.05, 0) is 67.4 Å². The van der Waals surface area contributed by atoms with Crippen molar-refractivity contribution in [2.45, 2.75) is 37.5 Å². The molecule has 1 aliphatic heterocycles. The topological polar surface area (TPSA) is 195 Å². The lowest BCUT2D eigenvalue weighted by Gasteiger charge is -2.23. The van der Waals surface area contributed by atoms with Crippen molar-refractivity contribution in [1.82, 2.24) is 10.0 Å². The van der Waals surface area contributed by atoms with Crippen molar-refractivity contribution in [2.24, 2.45) is 0 Å². The van der Waals surface area contributed by atoms with E-state index in [4.69, 9.17) is 22.5 Å². The molecule has 0 unspecified atom stereocenters. The molecule has 1 aliphatic rings. The van der Waals surface area contributed by atoms with Crippen molar-refractivity contribution in [3.8, 4) is 5.75 Å². The van der Waals surface area contributed by atoms with E-state index >= 15 is 0 Å². The maximum absolute atomic E-state index is 14.0. The number of benzene rings is 4. The molecule has 0 bridgehead atoms. The van der Waals surface area contributed by atoms with Crippen LogP contribution in [0.4, 0.5) is 14.4 Å². The number of sulfonamides is 1. The Balaban J connectivity index is 0.000000943. The van der Waals surface area contributed by atoms with Crippen LogP contribution in [0.2, 0.25) is 0 Å². The Kier molecular flexibility index (Phi) is 10.7. The Hall–Kier alpha value is -5.78. The number of carbonyl (C=O) groups is 4. The number of hydroxylamine groups is 2. The summed E-state index contributed by atoms with van der Waals surface area (Å²) >= 11 is 0. The summed E-state index contributed by atoms with van der Waals surface area (Å²) in [5.74, 6) is -1.74. The zero-order valence-corrected chi connectivity index (χ0v) is 28.3. The number of imide groups is 1. The molecule has 1 aromatic heterocycles. The number of fused-ring (bicyclic) bond motifs is 2. The Morgan fingerprint density at radius 3 is 1.86 bits per heavy atom. The molecule has 51 heavy (non-hydrogen) atoms. The molecular formula is C34H28FN3O11S2. The first-order chi connectivity index (χ1) is 24.1. The van der Waals surface area contributed by atoms with E-state index in [1.165, 1.54) is 24.3 Å². The van der Waals surface area contributed by atoms with Crippen LogP contribution in [-0.4, -0.2) is 55.3 Å². The van der Waals surface area contributed by atoms with E-state index in [9.17, 15) is 31.5 Å². The molecule has 0 saturated carbocycles. The standard InChI is InChI=1S/C34H27N3O8S.FHO3S/c1-22-10-17-25(18-11-22)46(42,43)37(24-15-12-23(13-16-24)14-21-32(40)45-36-30(38)19-20-31(36)39)34(41)44-33-26-6-2-4-8-28(26)35-29-9-5-3-7-27(29)33;1-5(2,3)4/h2-13,15-18H,14,19-21H2,1H3;(H,2,3,4). The number of anilines is 1. The number of para-hydroxylation sites is 2. The average Bonchev–Trinajstić information content (AvgIpc) is 3.39. The van der Waals surface area contributed by atoms with Crippen LogP contribution in [-0.2, 0) is 46.2 Å². The largest absolute Gasteiger partial charge is 0.435 e. The van der Waals surface area contributed by atoms with Crippen LogP contribution in [0, 0.1) is 6.92 Å². The van der Waals surface area contributed by atoms with Gasteiger partial charge in [-0.25, -0.2) is 23.0 Å². The van der Waals surface area contributed by atoms with Gasteiger partial charge in [0, 0.05) is 23.6 Å². The molecule has 0 spiro atoms. The number of rotatable bonds is 8. The van der Waals surface area contributed by atoms with Gasteiger partial charge in [-0.15, -0.1) is 5.06 Å². The van der Waals surface area contributed by atoms with Crippen molar-refractivity contribution >= 4 is 71.9 Å². The van der Waals surface area contributed by atoms with Crippen LogP contribution in [0.5, 0.6) is 5.75 Å². The number of carbonyl (C=O) groups excluding carboxylic acids is 4. The molecule has 1 saturated heterocycles. The summed E-state index contributed by atoms with van der Waals surface area (Å²) < 4.78 is 68.6. The fourth-order valence-electron chi connectivity index (χ4n) is 5.05. The van der Waals surface area contributed by atoms with E-state index in [2.05, 4.69) is 4.98 Å². The highest BCUT2D eigenvalue weighted by Crippen LogP contribution is 2.35. The van der Waals surface area contributed by atoms with E-state index in [0.29, 0.717) is 36.7 Å². The SMILES string of the molecule is Cc1ccc(S(=O)(=O)N(C(=O)Oc2c3ccccc3nc3ccccc23)c2ccc(CCC(=O)ON3C(=O)CCC3=O)cc2)cc1.O=S(=O)(O)F. The number of hydrogen-bond donors (Lipinski definition) is 1. The van der Waals surface area contributed by atoms with Crippen LogP contribution in [0.15, 0.2) is 102 Å². The quantitative estimate of drug-likeness (QED) is 0.0925. The van der Waals surface area contributed by atoms with E-state index in [0.717, 1.165) is 5.56 Å². The van der Waals surface area contributed by atoms with Gasteiger partial charge in [0.25, 0.3) is 21.8 Å². The number of halogens is 1. The number of amides is 3. The van der Waals surface area contributed by atoms with E-state index < -0.39 is 44.4 Å². The smallest absolute Gasteiger partial charge is 0.408 e. The van der Waals surface area contributed by atoms with Gasteiger partial charge in [-0.2, -0.15) is 12.7 Å². The van der Waals surface area contributed by atoms with Gasteiger partial charge in [-0.1, -0.05) is 58.0 Å². The third-order valence-electron chi connectivity index (χ3n) is 7.44. The third kappa shape index (κ3) is 8.88. The lowest BCUT2D eigenvalue weighted by atomic mass is 10.1. The monoisotopic (exact) mass is 737 g/mol. The molecule has 14 nitrogen and oxygen atoms in total. The van der Waals surface area contributed by atoms with E-state index in [1.807, 2.05) is 6.92 Å². The summed E-state index contributed by atoms with van der Waals surface area (Å²) in [6.45, 7) is 1.82. The minimum atomic E-state index is -5.17. The second kappa shape index (κ2) is 15.0. The number of pyridine rings is 1. The molecular weight excluding hydrogens is 710 g/mol. The van der Waals surface area contributed by atoms with Gasteiger partial charge in [-0.3, -0.25) is 14.1 Å². The Bertz CT molecular complexity index is 2290. The number of ether oxygens (including phenoxy) is 1. The van der Waals surface area contributed by atoms with Crippen LogP contribution < -0.4 is 9.04 Å². The van der Waals surface area contributed by atoms with Crippen molar-refractivity contribution in [1.29, 1.82) is 0 Å². The number of hydrogen-bond acceptors (Lipinski definition) is 11. The number of aryl methyl sites for hydroxylation is 2. The highest BCUT2D eigenvalue weighted by Gasteiger charge is 2.34. The van der Waals surface area contributed by atoms with Crippen LogP contribution in [0.3, 0.4) is 0 Å². The fourth-order valence-corrected chi connectivity index (χ4v) is 6.37. The molecule has 1 N–H and O–H groups in total. The lowest BCUT2D eigenvalue weighted by Crippen LogP contribution is -2.39. The van der Waals surface area contributed by atoms with Gasteiger partial charge < -0.3 is 9.57 Å². The highest BCUT2D eigenvalue weighted by atomic mass is 32.3. The molecule has 0 radical (unpaired) electrons. The zero-order valence-electron chi connectivity index (χ0n) is 26.6. The normalized spacial score (nSPS) is 13.1. The van der Waals surface area contributed by atoms with Crippen LogP contribution in [0.1, 0.15) is 30.4 Å². The lowest BCUT2D eigenvalue weighted by molar-refractivity contribution is -0.197. The Morgan fingerprint density at radius 2 is 1.33 bits per heavy atom. The highest BCUT2D eigenvalue weighted by molar-refractivity contribution is 7.93. The number of nitrogens with zero attached hydrogens (tertiary/aromatic N) is 3. The predicted octanol–water partition coefficient (Wildman–Crippen LogP) is 5.39. The molecule has 0 atom stereocenters. The van der Waals surface area contributed by atoms with Gasteiger partial charge >= 0.3 is 22.6 Å². The summed E-state index contributed by atoms with van der Waals surface area (Å²) in [6.07, 6.45) is -1.15. The first-order valence-electron chi connectivity index (χ1n) is 15.1.